The summed E-state index contributed by atoms with van der Waals surface area (Å²) >= 11 is 0. The van der Waals surface area contributed by atoms with Crippen molar-refractivity contribution in [2.75, 3.05) is 5.32 Å². The van der Waals surface area contributed by atoms with E-state index in [1.165, 1.54) is 24.3 Å². The van der Waals surface area contributed by atoms with Crippen LogP contribution in [0.1, 0.15) is 65.0 Å². The number of nitrogens with zero attached hydrogens (tertiary/aromatic N) is 2. The summed E-state index contributed by atoms with van der Waals surface area (Å²) in [6.45, 7) is 8.14. The van der Waals surface area contributed by atoms with Gasteiger partial charge in [-0.3, -0.25) is 14.0 Å². The highest BCUT2D eigenvalue weighted by Crippen LogP contribution is 2.32. The molecule has 2 aromatic carbocycles. The van der Waals surface area contributed by atoms with Gasteiger partial charge in [0.05, 0.1) is 23.7 Å². The zero-order chi connectivity index (χ0) is 26.0. The van der Waals surface area contributed by atoms with Crippen molar-refractivity contribution in [2.45, 2.75) is 46.1 Å². The van der Waals surface area contributed by atoms with Crippen LogP contribution in [0, 0.1) is 19.7 Å². The number of carbonyl (C=O) groups is 2. The highest BCUT2D eigenvalue weighted by atomic mass is 19.1. The highest BCUT2D eigenvalue weighted by molar-refractivity contribution is 6.00. The molecule has 8 heteroatoms. The average Bonchev–Trinajstić information content (AvgIpc) is 3.20. The van der Waals surface area contributed by atoms with E-state index < -0.39 is 23.7 Å². The van der Waals surface area contributed by atoms with E-state index in [0.29, 0.717) is 16.8 Å². The third-order valence-electron chi connectivity index (χ3n) is 6.15. The van der Waals surface area contributed by atoms with E-state index in [4.69, 9.17) is 4.98 Å². The van der Waals surface area contributed by atoms with Crippen LogP contribution in [0.2, 0.25) is 0 Å². The maximum atomic E-state index is 13.4. The Morgan fingerprint density at radius 1 is 1.03 bits per heavy atom. The number of anilines is 2. The van der Waals surface area contributed by atoms with Crippen LogP contribution in [0.15, 0.2) is 60.8 Å². The molecule has 7 nitrogen and oxygen atoms in total. The number of amides is 1. The van der Waals surface area contributed by atoms with E-state index >= 15 is 0 Å². The summed E-state index contributed by atoms with van der Waals surface area (Å²) < 4.78 is 15.3. The van der Waals surface area contributed by atoms with Crippen molar-refractivity contribution in [1.29, 1.82) is 0 Å². The summed E-state index contributed by atoms with van der Waals surface area (Å²) in [4.78, 5) is 29.7. The molecule has 36 heavy (non-hydrogen) atoms. The lowest BCUT2D eigenvalue weighted by atomic mass is 10.0. The van der Waals surface area contributed by atoms with Crippen LogP contribution in [-0.4, -0.2) is 26.4 Å². The van der Waals surface area contributed by atoms with Crippen molar-refractivity contribution < 1.29 is 19.1 Å². The van der Waals surface area contributed by atoms with Gasteiger partial charge in [-0.2, -0.15) is 0 Å². The quantitative estimate of drug-likeness (QED) is 0.287. The second-order valence-electron chi connectivity index (χ2n) is 9.18. The van der Waals surface area contributed by atoms with Gasteiger partial charge in [0.2, 0.25) is 0 Å². The number of carbonyl (C=O) groups excluding carboxylic acids is 1. The van der Waals surface area contributed by atoms with Gasteiger partial charge in [-0.1, -0.05) is 44.2 Å². The molecule has 4 aromatic rings. The number of pyridine rings is 1. The number of aryl methyl sites for hydroxylation is 2. The minimum absolute atomic E-state index is 0.0756. The molecule has 1 unspecified atom stereocenters. The van der Waals surface area contributed by atoms with Crippen molar-refractivity contribution in [3.05, 3.63) is 94.6 Å². The molecule has 1 atom stereocenters. The molecule has 0 aliphatic rings. The Balaban J connectivity index is 1.75. The molecule has 0 bridgehead atoms. The number of benzene rings is 2. The second kappa shape index (κ2) is 10.2. The topological polar surface area (TPSA) is 95.7 Å². The normalized spacial score (nSPS) is 12.1. The number of halogens is 1. The first kappa shape index (κ1) is 24.9. The number of fused-ring (bicyclic) bond motifs is 1. The standard InChI is InChI=1S/C28H29FN4O3/c1-16(2)24-27(32-25-17(3)7-5-8-18(25)4)33-14-6-9-21(26(33)31-24)28(36)30-22(15-23(34)35)19-10-12-20(29)13-11-19/h5-14,16,22,32H,15H2,1-4H3,(H,30,36)(H,34,35). The van der Waals surface area contributed by atoms with Crippen LogP contribution in [-0.2, 0) is 4.79 Å². The lowest BCUT2D eigenvalue weighted by molar-refractivity contribution is -0.137. The number of imidazole rings is 1. The molecule has 1 amide bonds. The van der Waals surface area contributed by atoms with Gasteiger partial charge in [-0.05, 0) is 60.7 Å². The molecule has 2 heterocycles. The zero-order valence-corrected chi connectivity index (χ0v) is 20.7. The molecular weight excluding hydrogens is 459 g/mol. The van der Waals surface area contributed by atoms with Crippen LogP contribution >= 0.6 is 0 Å². The molecule has 0 saturated carbocycles. The molecule has 0 radical (unpaired) electrons. The second-order valence-corrected chi connectivity index (χ2v) is 9.18. The minimum Gasteiger partial charge on any atom is -0.481 e. The molecule has 3 N–H and O–H groups in total. The van der Waals surface area contributed by atoms with Crippen LogP contribution in [0.25, 0.3) is 5.65 Å². The first-order valence-corrected chi connectivity index (χ1v) is 11.8. The molecule has 4 rings (SSSR count). The number of hydrogen-bond acceptors (Lipinski definition) is 4. The van der Waals surface area contributed by atoms with Crippen LogP contribution < -0.4 is 10.6 Å². The van der Waals surface area contributed by atoms with Gasteiger partial charge < -0.3 is 15.7 Å². The largest absolute Gasteiger partial charge is 0.481 e. The number of rotatable bonds is 8. The molecule has 0 aliphatic heterocycles. The summed E-state index contributed by atoms with van der Waals surface area (Å²) in [6.07, 6.45) is 1.50. The van der Waals surface area contributed by atoms with Crippen LogP contribution in [0.3, 0.4) is 0 Å². The fourth-order valence-electron chi connectivity index (χ4n) is 4.28. The van der Waals surface area contributed by atoms with Gasteiger partial charge in [-0.25, -0.2) is 9.37 Å². The van der Waals surface area contributed by atoms with Crippen molar-refractivity contribution in [1.82, 2.24) is 14.7 Å². The fraction of sp³-hybridized carbons (Fsp3) is 0.250. The summed E-state index contributed by atoms with van der Waals surface area (Å²) in [6, 6.07) is 14.1. The van der Waals surface area contributed by atoms with Gasteiger partial charge in [0.15, 0.2) is 5.65 Å². The number of carboxylic acid groups (broad SMARTS) is 1. The molecular formula is C28H29FN4O3. The summed E-state index contributed by atoms with van der Waals surface area (Å²) in [7, 11) is 0. The van der Waals surface area contributed by atoms with E-state index in [2.05, 4.69) is 10.6 Å². The predicted octanol–water partition coefficient (Wildman–Crippen LogP) is 5.90. The SMILES string of the molecule is Cc1cccc(C)c1Nc1c(C(C)C)nc2c(C(=O)NC(CC(=O)O)c3ccc(F)cc3)cccn12. The third kappa shape index (κ3) is 5.07. The Morgan fingerprint density at radius 2 is 1.69 bits per heavy atom. The predicted molar refractivity (Wildman–Crippen MR) is 137 cm³/mol. The van der Waals surface area contributed by atoms with Crippen LogP contribution in [0.5, 0.6) is 0 Å². The summed E-state index contributed by atoms with van der Waals surface area (Å²) in [5.74, 6) is -1.13. The lowest BCUT2D eigenvalue weighted by Crippen LogP contribution is -2.30. The molecule has 186 valence electrons. The first-order valence-electron chi connectivity index (χ1n) is 11.8. The van der Waals surface area contributed by atoms with Crippen molar-refractivity contribution in [2.24, 2.45) is 0 Å². The monoisotopic (exact) mass is 488 g/mol. The number of para-hydroxylation sites is 1. The van der Waals surface area contributed by atoms with E-state index in [-0.39, 0.29) is 12.3 Å². The van der Waals surface area contributed by atoms with Gasteiger partial charge in [0.25, 0.3) is 5.91 Å². The molecule has 2 aromatic heterocycles. The van der Waals surface area contributed by atoms with Crippen molar-refractivity contribution >= 4 is 29.0 Å². The Kier molecular flexibility index (Phi) is 7.05. The fourth-order valence-corrected chi connectivity index (χ4v) is 4.28. The smallest absolute Gasteiger partial charge is 0.305 e. The number of aliphatic carboxylic acids is 1. The number of nitrogens with one attached hydrogen (secondary N) is 2. The Labute approximate surface area is 209 Å². The Morgan fingerprint density at radius 3 is 2.31 bits per heavy atom. The van der Waals surface area contributed by atoms with E-state index in [1.54, 1.807) is 12.1 Å². The van der Waals surface area contributed by atoms with E-state index in [1.807, 2.05) is 56.5 Å². The zero-order valence-electron chi connectivity index (χ0n) is 20.7. The Bertz CT molecular complexity index is 1410. The van der Waals surface area contributed by atoms with Gasteiger partial charge in [0, 0.05) is 11.9 Å². The highest BCUT2D eigenvalue weighted by Gasteiger charge is 2.24. The van der Waals surface area contributed by atoms with E-state index in [0.717, 1.165) is 28.3 Å². The number of hydrogen-bond donors (Lipinski definition) is 3. The number of aromatic nitrogens is 2. The van der Waals surface area contributed by atoms with Crippen LogP contribution in [0.4, 0.5) is 15.9 Å². The van der Waals surface area contributed by atoms with Crippen molar-refractivity contribution in [3.8, 4) is 0 Å². The maximum absolute atomic E-state index is 13.4. The summed E-state index contributed by atoms with van der Waals surface area (Å²) in [5, 5.41) is 15.7. The van der Waals surface area contributed by atoms with Gasteiger partial charge in [0.1, 0.15) is 11.6 Å². The molecule has 0 aliphatic carbocycles. The molecule has 0 saturated heterocycles. The first-order chi connectivity index (χ1) is 17.2. The number of carboxylic acids is 1. The summed E-state index contributed by atoms with van der Waals surface area (Å²) in [5.41, 5.74) is 5.23. The maximum Gasteiger partial charge on any atom is 0.305 e. The molecule has 0 spiro atoms. The van der Waals surface area contributed by atoms with Crippen molar-refractivity contribution in [3.63, 3.8) is 0 Å². The van der Waals surface area contributed by atoms with E-state index in [9.17, 15) is 19.1 Å². The van der Waals surface area contributed by atoms with Gasteiger partial charge >= 0.3 is 5.97 Å². The Hall–Kier alpha value is -4.20. The average molecular weight is 489 g/mol. The third-order valence-corrected chi connectivity index (χ3v) is 6.15. The van der Waals surface area contributed by atoms with Gasteiger partial charge in [-0.15, -0.1) is 0 Å². The minimum atomic E-state index is -1.08. The lowest BCUT2D eigenvalue weighted by Gasteiger charge is -2.18. The molecule has 0 fully saturated rings.